The Hall–Kier alpha value is -3.04. The number of ether oxygens (including phenoxy) is 2. The van der Waals surface area contributed by atoms with Gasteiger partial charge in [0.15, 0.2) is 0 Å². The molecule has 0 saturated carbocycles. The van der Waals surface area contributed by atoms with E-state index in [9.17, 15) is 0 Å². The zero-order valence-electron chi connectivity index (χ0n) is 16.9. The molecule has 0 aliphatic rings. The zero-order chi connectivity index (χ0) is 20.3. The molecule has 0 aromatic heterocycles. The Kier molecular flexibility index (Phi) is 7.90. The second kappa shape index (κ2) is 11.1. The van der Waals surface area contributed by atoms with Crippen LogP contribution in [0.5, 0.6) is 5.75 Å². The summed E-state index contributed by atoms with van der Waals surface area (Å²) in [6.07, 6.45) is 2.86. The van der Waals surface area contributed by atoms with Crippen molar-refractivity contribution in [2.75, 3.05) is 20.3 Å². The number of rotatable bonds is 10. The van der Waals surface area contributed by atoms with Crippen LogP contribution in [0, 0.1) is 0 Å². The van der Waals surface area contributed by atoms with Gasteiger partial charge in [-0.2, -0.15) is 0 Å². The van der Waals surface area contributed by atoms with Gasteiger partial charge in [-0.3, -0.25) is 0 Å². The molecular formula is C26H29O3+. The summed E-state index contributed by atoms with van der Waals surface area (Å²) in [6.45, 7) is 1.10. The van der Waals surface area contributed by atoms with Crippen molar-refractivity contribution in [3.8, 4) is 5.75 Å². The minimum absolute atomic E-state index is 0.473. The molecule has 0 bridgehead atoms. The molecule has 3 rings (SSSR count). The third-order valence-electron chi connectivity index (χ3n) is 4.77. The van der Waals surface area contributed by atoms with E-state index in [4.69, 9.17) is 14.6 Å². The van der Waals surface area contributed by atoms with Crippen molar-refractivity contribution < 1.29 is 14.6 Å². The van der Waals surface area contributed by atoms with Crippen LogP contribution in [-0.4, -0.2) is 25.4 Å². The second-order valence-electron chi connectivity index (χ2n) is 6.82. The van der Waals surface area contributed by atoms with E-state index in [0.717, 1.165) is 53.0 Å². The van der Waals surface area contributed by atoms with Crippen molar-refractivity contribution in [3.63, 3.8) is 0 Å². The summed E-state index contributed by atoms with van der Waals surface area (Å²) in [5, 5.41) is 7.33. The molecule has 0 aliphatic carbocycles. The molecule has 0 heterocycles. The molecular weight excluding hydrogens is 360 g/mol. The highest BCUT2D eigenvalue weighted by molar-refractivity contribution is 5.96. The molecule has 0 fully saturated rings. The lowest BCUT2D eigenvalue weighted by Crippen LogP contribution is -2.01. The Morgan fingerprint density at radius 1 is 0.690 bits per heavy atom. The van der Waals surface area contributed by atoms with Crippen LogP contribution in [0.2, 0.25) is 0 Å². The van der Waals surface area contributed by atoms with Gasteiger partial charge in [-0.1, -0.05) is 60.7 Å². The summed E-state index contributed by atoms with van der Waals surface area (Å²) in [5.41, 5.74) is 4.34. The van der Waals surface area contributed by atoms with Crippen molar-refractivity contribution in [1.82, 2.24) is 0 Å². The zero-order valence-corrected chi connectivity index (χ0v) is 16.9. The Morgan fingerprint density at radius 3 is 1.79 bits per heavy atom. The van der Waals surface area contributed by atoms with E-state index in [0.29, 0.717) is 13.2 Å². The molecule has 3 heteroatoms. The van der Waals surface area contributed by atoms with E-state index >= 15 is 0 Å². The molecule has 3 aromatic rings. The van der Waals surface area contributed by atoms with Crippen molar-refractivity contribution in [2.45, 2.75) is 19.3 Å². The molecule has 0 aliphatic heterocycles. The number of hydrogen-bond acceptors (Lipinski definition) is 2. The summed E-state index contributed by atoms with van der Waals surface area (Å²) >= 11 is 0. The van der Waals surface area contributed by atoms with Gasteiger partial charge < -0.3 is 14.6 Å². The average Bonchev–Trinajstić information content (AvgIpc) is 2.79. The van der Waals surface area contributed by atoms with Gasteiger partial charge in [-0.05, 0) is 48.2 Å². The SMILES string of the molecule is COc1ccc(C(OCCCCC[OH2+])=C(c2ccccc2)c2ccccc2)cc1. The third kappa shape index (κ3) is 5.72. The standard InChI is InChI=1S/C26H28O3/c1-28-24-17-15-23(16-18-24)26(29-20-10-4-9-19-27)25(21-11-5-2-6-12-21)22-13-7-3-8-14-22/h2-3,5-8,11-18,27H,4,9-10,19-20H2,1H3/p+1. The van der Waals surface area contributed by atoms with E-state index in [1.807, 2.05) is 36.4 Å². The molecule has 0 radical (unpaired) electrons. The molecule has 0 saturated heterocycles. The molecule has 2 N–H and O–H groups in total. The van der Waals surface area contributed by atoms with Crippen molar-refractivity contribution in [2.24, 2.45) is 0 Å². The van der Waals surface area contributed by atoms with Crippen LogP contribution in [0.1, 0.15) is 36.0 Å². The summed E-state index contributed by atoms with van der Waals surface area (Å²) in [6, 6.07) is 28.8. The maximum absolute atomic E-state index is 7.33. The lowest BCUT2D eigenvalue weighted by molar-refractivity contribution is 0.249. The fraction of sp³-hybridized carbons (Fsp3) is 0.231. The number of methoxy groups -OCH3 is 1. The molecule has 3 nitrogen and oxygen atoms in total. The Balaban J connectivity index is 2.07. The fourth-order valence-corrected chi connectivity index (χ4v) is 3.26. The Labute approximate surface area is 173 Å². The summed E-state index contributed by atoms with van der Waals surface area (Å²) < 4.78 is 11.7. The summed E-state index contributed by atoms with van der Waals surface area (Å²) in [5.74, 6) is 1.69. The van der Waals surface area contributed by atoms with Crippen molar-refractivity contribution >= 4 is 11.3 Å². The Morgan fingerprint density at radius 2 is 1.28 bits per heavy atom. The average molecular weight is 390 g/mol. The predicted octanol–water partition coefficient (Wildman–Crippen LogP) is 5.52. The monoisotopic (exact) mass is 389 g/mol. The first-order valence-electron chi connectivity index (χ1n) is 10.1. The molecule has 0 spiro atoms. The number of unbranched alkanes of at least 4 members (excludes halogenated alkanes) is 2. The molecule has 0 amide bonds. The van der Waals surface area contributed by atoms with Gasteiger partial charge in [0.05, 0.1) is 13.7 Å². The third-order valence-corrected chi connectivity index (χ3v) is 4.77. The fourth-order valence-electron chi connectivity index (χ4n) is 3.26. The normalized spacial score (nSPS) is 10.4. The maximum Gasteiger partial charge on any atom is 0.143 e. The first-order valence-corrected chi connectivity index (χ1v) is 10.1. The van der Waals surface area contributed by atoms with Gasteiger partial charge in [0.1, 0.15) is 18.1 Å². The van der Waals surface area contributed by atoms with E-state index in [1.165, 1.54) is 0 Å². The summed E-state index contributed by atoms with van der Waals surface area (Å²) in [4.78, 5) is 0. The molecule has 0 atom stereocenters. The highest BCUT2D eigenvalue weighted by atomic mass is 16.5. The molecule has 29 heavy (non-hydrogen) atoms. The van der Waals surface area contributed by atoms with Gasteiger partial charge in [-0.15, -0.1) is 0 Å². The highest BCUT2D eigenvalue weighted by Gasteiger charge is 2.16. The summed E-state index contributed by atoms with van der Waals surface area (Å²) in [7, 11) is 1.67. The van der Waals surface area contributed by atoms with Crippen LogP contribution in [0.25, 0.3) is 11.3 Å². The Bertz CT molecular complexity index is 843. The van der Waals surface area contributed by atoms with Crippen LogP contribution in [-0.2, 0) is 4.74 Å². The smallest absolute Gasteiger partial charge is 0.143 e. The van der Waals surface area contributed by atoms with Crippen LogP contribution in [0.15, 0.2) is 84.9 Å². The van der Waals surface area contributed by atoms with E-state index in [1.54, 1.807) is 7.11 Å². The lowest BCUT2D eigenvalue weighted by atomic mass is 9.94. The quantitative estimate of drug-likeness (QED) is 0.198. The first kappa shape index (κ1) is 20.7. The van der Waals surface area contributed by atoms with Crippen LogP contribution in [0.4, 0.5) is 0 Å². The topological polar surface area (TPSA) is 41.4 Å². The van der Waals surface area contributed by atoms with Crippen LogP contribution in [0.3, 0.4) is 0 Å². The van der Waals surface area contributed by atoms with Gasteiger partial charge >= 0.3 is 0 Å². The van der Waals surface area contributed by atoms with Gasteiger partial charge in [0.25, 0.3) is 0 Å². The minimum Gasteiger partial charge on any atom is -0.497 e. The highest BCUT2D eigenvalue weighted by Crippen LogP contribution is 2.34. The van der Waals surface area contributed by atoms with Gasteiger partial charge in [-0.25, -0.2) is 0 Å². The first-order chi connectivity index (χ1) is 14.3. The van der Waals surface area contributed by atoms with Crippen LogP contribution < -0.4 is 4.74 Å². The van der Waals surface area contributed by atoms with Crippen molar-refractivity contribution in [3.05, 3.63) is 102 Å². The van der Waals surface area contributed by atoms with E-state index in [-0.39, 0.29) is 0 Å². The molecule has 0 unspecified atom stereocenters. The molecule has 3 aromatic carbocycles. The largest absolute Gasteiger partial charge is 0.497 e. The second-order valence-corrected chi connectivity index (χ2v) is 6.82. The molecule has 150 valence electrons. The van der Waals surface area contributed by atoms with Gasteiger partial charge in [0, 0.05) is 17.6 Å². The number of hydrogen-bond donors (Lipinski definition) is 0. The predicted molar refractivity (Wildman–Crippen MR) is 120 cm³/mol. The van der Waals surface area contributed by atoms with Crippen molar-refractivity contribution in [1.29, 1.82) is 0 Å². The van der Waals surface area contributed by atoms with E-state index in [2.05, 4.69) is 48.5 Å². The van der Waals surface area contributed by atoms with Crippen LogP contribution >= 0.6 is 0 Å². The lowest BCUT2D eigenvalue weighted by Gasteiger charge is -2.18. The van der Waals surface area contributed by atoms with E-state index < -0.39 is 0 Å². The maximum atomic E-state index is 7.33. The van der Waals surface area contributed by atoms with Gasteiger partial charge in [0.2, 0.25) is 0 Å². The minimum atomic E-state index is 0.473. The number of benzene rings is 3.